The maximum Gasteiger partial charge on any atom is 0.335 e. The van der Waals surface area contributed by atoms with Crippen LogP contribution in [-0.4, -0.2) is 27.2 Å². The van der Waals surface area contributed by atoms with Crippen molar-refractivity contribution in [2.24, 2.45) is 10.9 Å². The molecule has 1 fully saturated rings. The Morgan fingerprint density at radius 3 is 2.34 bits per heavy atom. The highest BCUT2D eigenvalue weighted by molar-refractivity contribution is 5.71. The number of esters is 1. The molecule has 1 saturated carbocycles. The Labute approximate surface area is 203 Å². The fourth-order valence-corrected chi connectivity index (χ4v) is 4.57. The van der Waals surface area contributed by atoms with Crippen LogP contribution >= 0.6 is 0 Å². The molecule has 1 N–H and O–H groups in total. The molecule has 0 spiro atoms. The summed E-state index contributed by atoms with van der Waals surface area (Å²) in [5.74, 6) is -0.550. The molecule has 0 saturated heterocycles. The second kappa shape index (κ2) is 10.7. The maximum atomic E-state index is 13.4. The van der Waals surface area contributed by atoms with E-state index >= 15 is 0 Å². The van der Waals surface area contributed by atoms with Crippen LogP contribution in [-0.2, 0) is 22.6 Å². The van der Waals surface area contributed by atoms with Crippen molar-refractivity contribution in [3.63, 3.8) is 0 Å². The lowest BCUT2D eigenvalue weighted by Gasteiger charge is -2.14. The molecule has 2 aromatic carbocycles. The summed E-state index contributed by atoms with van der Waals surface area (Å²) in [6.45, 7) is 3.74. The van der Waals surface area contributed by atoms with Crippen LogP contribution < -0.4 is 17.0 Å². The fourth-order valence-electron chi connectivity index (χ4n) is 4.57. The number of nitrogens with one attached hydrogen (secondary N) is 1. The van der Waals surface area contributed by atoms with Gasteiger partial charge in [-0.1, -0.05) is 61.7 Å². The van der Waals surface area contributed by atoms with Crippen molar-refractivity contribution in [3.05, 3.63) is 91.8 Å². The van der Waals surface area contributed by atoms with E-state index in [0.29, 0.717) is 11.6 Å². The average Bonchev–Trinajstić information content (AvgIpc) is 3.40. The number of hydrogen-bond acceptors (Lipinski definition) is 5. The Morgan fingerprint density at radius 2 is 1.71 bits per heavy atom. The third-order valence-corrected chi connectivity index (χ3v) is 6.66. The van der Waals surface area contributed by atoms with E-state index in [9.17, 15) is 14.4 Å². The molecule has 1 aliphatic rings. The van der Waals surface area contributed by atoms with E-state index in [1.54, 1.807) is 6.92 Å². The van der Waals surface area contributed by atoms with Gasteiger partial charge in [0.2, 0.25) is 5.62 Å². The van der Waals surface area contributed by atoms with Crippen LogP contribution in [0, 0.1) is 12.8 Å². The zero-order valence-corrected chi connectivity index (χ0v) is 20.5. The van der Waals surface area contributed by atoms with Gasteiger partial charge in [0.1, 0.15) is 0 Å². The number of carbonyl (C=O) groups is 1. The van der Waals surface area contributed by atoms with Gasteiger partial charge in [-0.3, -0.25) is 14.3 Å². The third kappa shape index (κ3) is 5.70. The predicted molar refractivity (Wildman–Crippen MR) is 134 cm³/mol. The Balaban J connectivity index is 1.77. The van der Waals surface area contributed by atoms with Gasteiger partial charge in [0.15, 0.2) is 0 Å². The van der Waals surface area contributed by atoms with E-state index in [1.807, 2.05) is 43.3 Å². The summed E-state index contributed by atoms with van der Waals surface area (Å²) in [4.78, 5) is 45.6. The average molecular weight is 477 g/mol. The monoisotopic (exact) mass is 476 g/mol. The normalized spacial score (nSPS) is 15.3. The van der Waals surface area contributed by atoms with Crippen LogP contribution in [0.15, 0.2) is 63.1 Å². The number of hydrogen-bond donors (Lipinski definition) is 1. The van der Waals surface area contributed by atoms with E-state index in [-0.39, 0.29) is 18.7 Å². The van der Waals surface area contributed by atoms with Crippen molar-refractivity contribution >= 4 is 11.7 Å². The van der Waals surface area contributed by atoms with Crippen molar-refractivity contribution in [1.29, 1.82) is 0 Å². The first-order valence-corrected chi connectivity index (χ1v) is 12.1. The van der Waals surface area contributed by atoms with Crippen molar-refractivity contribution in [3.8, 4) is 0 Å². The number of nitrogens with zero attached hydrogens (tertiary/aromatic N) is 3. The largest absolute Gasteiger partial charge is 0.469 e. The quantitative estimate of drug-likeness (QED) is 0.529. The van der Waals surface area contributed by atoms with Crippen LogP contribution in [0.5, 0.6) is 0 Å². The fraction of sp³-hybridized carbons (Fsp3) is 0.407. The van der Waals surface area contributed by atoms with Crippen LogP contribution in [0.1, 0.15) is 55.2 Å². The van der Waals surface area contributed by atoms with Gasteiger partial charge in [-0.05, 0) is 48.9 Å². The number of methoxy groups -OCH3 is 1. The molecule has 3 aromatic rings. The van der Waals surface area contributed by atoms with Crippen LogP contribution in [0.2, 0.25) is 0 Å². The summed E-state index contributed by atoms with van der Waals surface area (Å²) < 4.78 is 7.22. The summed E-state index contributed by atoms with van der Waals surface area (Å²) >= 11 is 0. The molecule has 0 radical (unpaired) electrons. The van der Waals surface area contributed by atoms with E-state index in [1.165, 1.54) is 42.9 Å². The minimum atomic E-state index is -0.655. The Hall–Kier alpha value is -3.68. The summed E-state index contributed by atoms with van der Waals surface area (Å²) in [7, 11) is 1.28. The van der Waals surface area contributed by atoms with E-state index in [0.717, 1.165) is 15.7 Å². The van der Waals surface area contributed by atoms with Crippen molar-refractivity contribution in [2.45, 2.75) is 58.5 Å². The SMILES string of the molecule is COC(=O)[C@@H](C)Cn1c(=O)[nH]/c(=N\c2ccc(C3CCCC3)cc2)n(Cc2ccc(C)cc2)c1=O. The lowest BCUT2D eigenvalue weighted by molar-refractivity contribution is -0.145. The molecule has 1 atom stereocenters. The molecular weight excluding hydrogens is 444 g/mol. The minimum Gasteiger partial charge on any atom is -0.469 e. The van der Waals surface area contributed by atoms with Crippen molar-refractivity contribution in [2.75, 3.05) is 7.11 Å². The number of aromatic nitrogens is 3. The first-order chi connectivity index (χ1) is 16.9. The molecule has 35 heavy (non-hydrogen) atoms. The number of H-pyrrole nitrogens is 1. The molecule has 8 heteroatoms. The lowest BCUT2D eigenvalue weighted by atomic mass is 9.98. The molecule has 1 aromatic heterocycles. The highest BCUT2D eigenvalue weighted by Crippen LogP contribution is 2.34. The molecule has 0 amide bonds. The zero-order chi connectivity index (χ0) is 24.9. The second-order valence-electron chi connectivity index (χ2n) is 9.33. The summed E-state index contributed by atoms with van der Waals surface area (Å²) in [5.41, 5.74) is 2.96. The van der Waals surface area contributed by atoms with Gasteiger partial charge in [-0.2, -0.15) is 0 Å². The first-order valence-electron chi connectivity index (χ1n) is 12.1. The van der Waals surface area contributed by atoms with E-state index in [4.69, 9.17) is 4.74 Å². The number of benzene rings is 2. The third-order valence-electron chi connectivity index (χ3n) is 6.66. The molecule has 1 aliphatic carbocycles. The number of aromatic amines is 1. The van der Waals surface area contributed by atoms with Gasteiger partial charge in [-0.25, -0.2) is 19.1 Å². The zero-order valence-electron chi connectivity index (χ0n) is 20.5. The number of ether oxygens (including phenoxy) is 1. The molecule has 184 valence electrons. The molecule has 0 aliphatic heterocycles. The van der Waals surface area contributed by atoms with Gasteiger partial charge in [-0.15, -0.1) is 0 Å². The number of rotatable bonds is 7. The Kier molecular flexibility index (Phi) is 7.48. The summed E-state index contributed by atoms with van der Waals surface area (Å²) in [5, 5.41) is 0. The van der Waals surface area contributed by atoms with Gasteiger partial charge in [0.05, 0.1) is 25.3 Å². The second-order valence-corrected chi connectivity index (χ2v) is 9.33. The van der Waals surface area contributed by atoms with Crippen LogP contribution in [0.4, 0.5) is 5.69 Å². The lowest BCUT2D eigenvalue weighted by Crippen LogP contribution is -2.51. The highest BCUT2D eigenvalue weighted by Gasteiger charge is 2.19. The smallest absolute Gasteiger partial charge is 0.335 e. The molecule has 0 unspecified atom stereocenters. The van der Waals surface area contributed by atoms with Gasteiger partial charge in [0, 0.05) is 6.54 Å². The Morgan fingerprint density at radius 1 is 1.06 bits per heavy atom. The van der Waals surface area contributed by atoms with Crippen molar-refractivity contribution < 1.29 is 9.53 Å². The van der Waals surface area contributed by atoms with Gasteiger partial charge >= 0.3 is 17.3 Å². The van der Waals surface area contributed by atoms with Crippen LogP contribution in [0.25, 0.3) is 0 Å². The molecule has 0 bridgehead atoms. The molecule has 1 heterocycles. The van der Waals surface area contributed by atoms with Gasteiger partial charge in [0.25, 0.3) is 0 Å². The maximum absolute atomic E-state index is 13.4. The predicted octanol–water partition coefficient (Wildman–Crippen LogP) is 3.39. The Bertz CT molecular complexity index is 1360. The van der Waals surface area contributed by atoms with Crippen molar-refractivity contribution in [1.82, 2.24) is 14.1 Å². The van der Waals surface area contributed by atoms with Crippen LogP contribution in [0.3, 0.4) is 0 Å². The summed E-state index contributed by atoms with van der Waals surface area (Å²) in [6, 6.07) is 15.8. The van der Waals surface area contributed by atoms with E-state index < -0.39 is 23.3 Å². The molecular formula is C27H32N4O4. The number of aryl methyl sites for hydroxylation is 1. The standard InChI is InChI=1S/C27H32N4O4/c1-18-8-10-20(11-9-18)17-30-25(28-23-14-12-22(13-15-23)21-6-4-5-7-21)29-26(33)31(27(30)34)16-19(2)24(32)35-3/h8-15,19,21H,4-7,16-17H2,1-3H3,(H,28,29,33)/t19-/m0/s1. The number of carbonyl (C=O) groups excluding carboxylic acids is 1. The van der Waals surface area contributed by atoms with Gasteiger partial charge < -0.3 is 4.74 Å². The topological polar surface area (TPSA) is 98.4 Å². The molecule has 4 rings (SSSR count). The van der Waals surface area contributed by atoms with E-state index in [2.05, 4.69) is 22.1 Å². The molecule has 8 nitrogen and oxygen atoms in total. The summed E-state index contributed by atoms with van der Waals surface area (Å²) in [6.07, 6.45) is 4.95. The first kappa shape index (κ1) is 24.4. The highest BCUT2D eigenvalue weighted by atomic mass is 16.5. The minimum absolute atomic E-state index is 0.0922.